The van der Waals surface area contributed by atoms with Crippen LogP contribution in [0.25, 0.3) is 0 Å². The Labute approximate surface area is 246 Å². The van der Waals surface area contributed by atoms with Crippen LogP contribution in [0.3, 0.4) is 0 Å². The van der Waals surface area contributed by atoms with E-state index in [1.807, 2.05) is 22.8 Å². The van der Waals surface area contributed by atoms with Crippen LogP contribution in [-0.2, 0) is 0 Å². The first kappa shape index (κ1) is 30.0. The Hall–Kier alpha value is -1.05. The molecule has 0 amide bonds. The minimum absolute atomic E-state index is 0.00219. The van der Waals surface area contributed by atoms with Gasteiger partial charge in [0.05, 0.1) is 29.7 Å². The molecule has 1 saturated carbocycles. The Morgan fingerprint density at radius 1 is 1.05 bits per heavy atom. The van der Waals surface area contributed by atoms with Crippen molar-refractivity contribution in [1.82, 2.24) is 35.4 Å². The summed E-state index contributed by atoms with van der Waals surface area (Å²) in [4.78, 5) is 2.77. The van der Waals surface area contributed by atoms with Crippen molar-refractivity contribution in [3.05, 3.63) is 12.3 Å². The molecule has 4 aliphatic heterocycles. The van der Waals surface area contributed by atoms with Gasteiger partial charge in [-0.1, -0.05) is 11.9 Å². The first-order valence-electron chi connectivity index (χ1n) is 15.8. The predicted molar refractivity (Wildman–Crippen MR) is 155 cm³/mol. The van der Waals surface area contributed by atoms with E-state index in [1.54, 1.807) is 6.07 Å². The molecule has 2 bridgehead atoms. The lowest BCUT2D eigenvalue weighted by Crippen LogP contribution is -2.62. The Bertz CT molecular complexity index is 1020. The number of rotatable bonds is 5. The molecule has 4 N–H and O–H groups in total. The summed E-state index contributed by atoms with van der Waals surface area (Å²) < 4.78 is 51.3. The van der Waals surface area contributed by atoms with E-state index < -0.39 is 11.6 Å². The maximum absolute atomic E-state index is 13.3. The molecule has 4 saturated heterocycles. The average Bonchev–Trinajstić information content (AvgIpc) is 3.49. The summed E-state index contributed by atoms with van der Waals surface area (Å²) in [5.74, 6) is 0.864. The van der Waals surface area contributed by atoms with Gasteiger partial charge in [-0.05, 0) is 97.4 Å². The summed E-state index contributed by atoms with van der Waals surface area (Å²) in [6.45, 7) is 6.80. The molecule has 6 rings (SSSR count). The molecule has 232 valence electrons. The van der Waals surface area contributed by atoms with E-state index in [0.29, 0.717) is 29.4 Å². The molecule has 1 aromatic heterocycles. The first-order valence-corrected chi connectivity index (χ1v) is 16.7. The van der Waals surface area contributed by atoms with Crippen LogP contribution in [-0.4, -0.2) is 69.8 Å². The normalized spacial score (nSPS) is 36.1. The van der Waals surface area contributed by atoms with Crippen molar-refractivity contribution < 1.29 is 17.9 Å². The third kappa shape index (κ3) is 6.72. The van der Waals surface area contributed by atoms with Crippen LogP contribution in [0.2, 0.25) is 0 Å². The van der Waals surface area contributed by atoms with E-state index in [-0.39, 0.29) is 43.7 Å². The Balaban J connectivity index is 1.13. The molecule has 5 aliphatic rings. The number of hydrogen-bond donors (Lipinski definition) is 4. The third-order valence-electron chi connectivity index (χ3n) is 10.3. The first-order chi connectivity index (χ1) is 19.6. The molecular formula is C29H48F3N7OS. The lowest BCUT2D eigenvalue weighted by Gasteiger charge is -2.49. The number of nitrogens with one attached hydrogen (secondary N) is 4. The molecule has 8 nitrogen and oxygen atoms in total. The van der Waals surface area contributed by atoms with Crippen molar-refractivity contribution in [1.29, 1.82) is 0 Å². The van der Waals surface area contributed by atoms with Gasteiger partial charge in [0, 0.05) is 36.3 Å². The van der Waals surface area contributed by atoms with E-state index in [4.69, 9.17) is 4.74 Å². The number of fused-ring (bicyclic) bond motifs is 5. The van der Waals surface area contributed by atoms with Crippen LogP contribution in [0.5, 0.6) is 5.88 Å². The quantitative estimate of drug-likeness (QED) is 0.348. The molecule has 1 aliphatic carbocycles. The highest BCUT2D eigenvalue weighted by Crippen LogP contribution is 2.59. The van der Waals surface area contributed by atoms with Gasteiger partial charge in [-0.3, -0.25) is 24.9 Å². The van der Waals surface area contributed by atoms with Gasteiger partial charge in [0.2, 0.25) is 5.88 Å². The van der Waals surface area contributed by atoms with Gasteiger partial charge in [0.1, 0.15) is 6.17 Å². The molecule has 0 radical (unpaired) electrons. The molecule has 0 aromatic carbocycles. The van der Waals surface area contributed by atoms with Crippen LogP contribution >= 0.6 is 11.9 Å². The molecule has 41 heavy (non-hydrogen) atoms. The smallest absolute Gasteiger partial charge is 0.394 e. The zero-order chi connectivity index (χ0) is 28.7. The van der Waals surface area contributed by atoms with Gasteiger partial charge in [0.25, 0.3) is 0 Å². The van der Waals surface area contributed by atoms with Crippen LogP contribution in [0.4, 0.5) is 13.2 Å². The molecule has 0 spiro atoms. The molecule has 5 unspecified atom stereocenters. The standard InChI is InChI=1S/C29H48F3N7OS/c1-27(2)12-10-21-5-4-16-33-22-6-3-7-25(35-22)41-34-19-20-8-9-23(36-26(20)39(21)27)38-17-11-24(37-38)40-18-15-28(13-14-28)29(30,31)32/h11,17,20-23,25-26,33-36H,3-10,12-16,18-19H2,1-2H3/t20?,21-,22?,23?,25?,26?/m0/s1. The fourth-order valence-electron chi connectivity index (χ4n) is 7.62. The van der Waals surface area contributed by atoms with Crippen molar-refractivity contribution in [2.24, 2.45) is 11.3 Å². The zero-order valence-corrected chi connectivity index (χ0v) is 25.3. The summed E-state index contributed by atoms with van der Waals surface area (Å²) in [7, 11) is 0. The summed E-state index contributed by atoms with van der Waals surface area (Å²) >= 11 is 1.85. The monoisotopic (exact) mass is 599 g/mol. The molecule has 5 heterocycles. The minimum Gasteiger partial charge on any atom is -0.477 e. The number of alkyl halides is 3. The molecule has 5 fully saturated rings. The fraction of sp³-hybridized carbons (Fsp3) is 0.897. The number of ether oxygens (including phenoxy) is 1. The van der Waals surface area contributed by atoms with E-state index in [0.717, 1.165) is 25.9 Å². The Morgan fingerprint density at radius 3 is 2.71 bits per heavy atom. The number of aromatic nitrogens is 2. The maximum atomic E-state index is 13.3. The molecule has 6 atom stereocenters. The predicted octanol–water partition coefficient (Wildman–Crippen LogP) is 5.11. The second-order valence-electron chi connectivity index (χ2n) is 13.6. The Morgan fingerprint density at radius 2 is 1.90 bits per heavy atom. The summed E-state index contributed by atoms with van der Waals surface area (Å²) in [6.07, 6.45) is 9.22. The van der Waals surface area contributed by atoms with Gasteiger partial charge in [0.15, 0.2) is 0 Å². The highest BCUT2D eigenvalue weighted by molar-refractivity contribution is 7.98. The van der Waals surface area contributed by atoms with Crippen LogP contribution < -0.4 is 25.4 Å². The van der Waals surface area contributed by atoms with Gasteiger partial charge in [-0.25, -0.2) is 0 Å². The van der Waals surface area contributed by atoms with Gasteiger partial charge < -0.3 is 10.1 Å². The topological polar surface area (TPSA) is 78.4 Å². The summed E-state index contributed by atoms with van der Waals surface area (Å²) in [5.41, 5.74) is -1.44. The molecule has 12 heteroatoms. The minimum atomic E-state index is -4.15. The fourth-order valence-corrected chi connectivity index (χ4v) is 8.64. The van der Waals surface area contributed by atoms with Crippen molar-refractivity contribution >= 4 is 11.9 Å². The van der Waals surface area contributed by atoms with Gasteiger partial charge >= 0.3 is 6.18 Å². The molecule has 1 aromatic rings. The van der Waals surface area contributed by atoms with Crippen LogP contribution in [0, 0.1) is 11.3 Å². The lowest BCUT2D eigenvalue weighted by molar-refractivity contribution is -0.190. The van der Waals surface area contributed by atoms with E-state index >= 15 is 0 Å². The van der Waals surface area contributed by atoms with Crippen molar-refractivity contribution in [2.45, 2.75) is 133 Å². The average molecular weight is 600 g/mol. The Kier molecular flexibility index (Phi) is 8.89. The number of hydrogen-bond acceptors (Lipinski definition) is 8. The van der Waals surface area contributed by atoms with E-state index in [1.165, 1.54) is 44.9 Å². The maximum Gasteiger partial charge on any atom is 0.394 e. The number of nitrogens with zero attached hydrogens (tertiary/aromatic N) is 3. The van der Waals surface area contributed by atoms with Crippen LogP contribution in [0.1, 0.15) is 97.1 Å². The molecular weight excluding hydrogens is 551 g/mol. The second kappa shape index (κ2) is 12.1. The van der Waals surface area contributed by atoms with Crippen molar-refractivity contribution in [2.75, 3.05) is 19.7 Å². The SMILES string of the molecule is CC1(C)CC[C@@H]2CCCNC3CCCC(N3)SNCC3CCC(n4ccc(OCCC5(C(F)(F)F)CC5)n4)NC3N21. The summed E-state index contributed by atoms with van der Waals surface area (Å²) in [6, 6.07) is 2.32. The summed E-state index contributed by atoms with van der Waals surface area (Å²) in [5, 5.41) is 16.6. The second-order valence-corrected chi connectivity index (χ2v) is 14.7. The number of halogens is 3. The van der Waals surface area contributed by atoms with Crippen molar-refractivity contribution in [3.63, 3.8) is 0 Å². The largest absolute Gasteiger partial charge is 0.477 e. The third-order valence-corrected chi connectivity index (χ3v) is 11.3. The lowest BCUT2D eigenvalue weighted by atomic mass is 9.90. The zero-order valence-electron chi connectivity index (χ0n) is 24.5. The highest BCUT2D eigenvalue weighted by atomic mass is 32.2. The van der Waals surface area contributed by atoms with E-state index in [9.17, 15) is 13.2 Å². The van der Waals surface area contributed by atoms with Gasteiger partial charge in [-0.15, -0.1) is 5.10 Å². The van der Waals surface area contributed by atoms with Gasteiger partial charge in [-0.2, -0.15) is 13.2 Å². The number of piperidine rings is 2. The van der Waals surface area contributed by atoms with Crippen molar-refractivity contribution in [3.8, 4) is 5.88 Å². The highest BCUT2D eigenvalue weighted by Gasteiger charge is 2.62. The van der Waals surface area contributed by atoms with Crippen LogP contribution in [0.15, 0.2) is 12.3 Å². The van der Waals surface area contributed by atoms with E-state index in [2.05, 4.69) is 44.5 Å².